The van der Waals surface area contributed by atoms with E-state index in [4.69, 9.17) is 0 Å². The average Bonchev–Trinajstić information content (AvgIpc) is 2.24. The molecule has 0 radical (unpaired) electrons. The van der Waals surface area contributed by atoms with E-state index in [0.29, 0.717) is 13.1 Å². The third-order valence-electron chi connectivity index (χ3n) is 4.09. The molecule has 0 bridgehead atoms. The van der Waals surface area contributed by atoms with Gasteiger partial charge in [0.05, 0.1) is 0 Å². The molecule has 1 spiro atoms. The largest absolute Gasteiger partial charge is 0.337 e. The standard InChI is InChI=1S/C13H22F2N2O/c1-10(2)7-13(14,15)11(18)17-5-3-12(4-6-17)8-16-9-12/h10,16H,3-9H2,1-2H3. The van der Waals surface area contributed by atoms with Crippen molar-refractivity contribution in [2.75, 3.05) is 26.2 Å². The number of carbonyl (C=O) groups excluding carboxylic acids is 1. The van der Waals surface area contributed by atoms with Crippen LogP contribution in [-0.4, -0.2) is 42.9 Å². The van der Waals surface area contributed by atoms with Crippen molar-refractivity contribution in [3.05, 3.63) is 0 Å². The third kappa shape index (κ3) is 2.66. The molecule has 0 saturated carbocycles. The predicted octanol–water partition coefficient (Wildman–Crippen LogP) is 1.88. The first-order chi connectivity index (χ1) is 8.35. The summed E-state index contributed by atoms with van der Waals surface area (Å²) in [6.45, 7) is 6.33. The number of piperidine rings is 1. The first-order valence-corrected chi connectivity index (χ1v) is 6.73. The number of hydrogen-bond acceptors (Lipinski definition) is 2. The summed E-state index contributed by atoms with van der Waals surface area (Å²) in [5, 5.41) is 3.22. The normalized spacial score (nSPS) is 23.3. The summed E-state index contributed by atoms with van der Waals surface area (Å²) < 4.78 is 27.5. The Morgan fingerprint density at radius 2 is 1.89 bits per heavy atom. The van der Waals surface area contributed by atoms with Crippen LogP contribution in [0.1, 0.15) is 33.1 Å². The van der Waals surface area contributed by atoms with Crippen LogP contribution in [-0.2, 0) is 4.79 Å². The van der Waals surface area contributed by atoms with Gasteiger partial charge in [-0.3, -0.25) is 4.79 Å². The van der Waals surface area contributed by atoms with E-state index < -0.39 is 11.8 Å². The maximum absolute atomic E-state index is 13.7. The quantitative estimate of drug-likeness (QED) is 0.840. The summed E-state index contributed by atoms with van der Waals surface area (Å²) in [5.74, 6) is -4.34. The molecule has 104 valence electrons. The molecule has 0 aromatic heterocycles. The Kier molecular flexibility index (Phi) is 3.63. The fraction of sp³-hybridized carbons (Fsp3) is 0.923. The highest BCUT2D eigenvalue weighted by Crippen LogP contribution is 2.36. The molecule has 3 nitrogen and oxygen atoms in total. The van der Waals surface area contributed by atoms with Crippen LogP contribution in [0.5, 0.6) is 0 Å². The van der Waals surface area contributed by atoms with Gasteiger partial charge in [0.25, 0.3) is 5.91 Å². The van der Waals surface area contributed by atoms with E-state index in [2.05, 4.69) is 5.32 Å². The van der Waals surface area contributed by atoms with E-state index in [0.717, 1.165) is 25.9 Å². The average molecular weight is 260 g/mol. The van der Waals surface area contributed by atoms with Crippen LogP contribution in [0.15, 0.2) is 0 Å². The van der Waals surface area contributed by atoms with Crippen molar-refractivity contribution in [1.82, 2.24) is 10.2 Å². The minimum absolute atomic E-state index is 0.170. The van der Waals surface area contributed by atoms with Crippen molar-refractivity contribution in [3.8, 4) is 0 Å². The maximum Gasteiger partial charge on any atom is 0.325 e. The summed E-state index contributed by atoms with van der Waals surface area (Å²) in [5.41, 5.74) is 0.282. The number of alkyl halides is 2. The zero-order valence-electron chi connectivity index (χ0n) is 11.1. The summed E-state index contributed by atoms with van der Waals surface area (Å²) in [7, 11) is 0. The molecule has 0 atom stereocenters. The molecular formula is C13H22F2N2O. The molecular weight excluding hydrogens is 238 g/mol. The minimum atomic E-state index is -3.20. The van der Waals surface area contributed by atoms with Gasteiger partial charge in [-0.15, -0.1) is 0 Å². The van der Waals surface area contributed by atoms with E-state index in [1.807, 2.05) is 0 Å². The second-order valence-electron chi connectivity index (χ2n) is 6.20. The van der Waals surface area contributed by atoms with Gasteiger partial charge in [0.2, 0.25) is 0 Å². The van der Waals surface area contributed by atoms with Crippen LogP contribution < -0.4 is 5.32 Å². The van der Waals surface area contributed by atoms with E-state index in [1.54, 1.807) is 13.8 Å². The summed E-state index contributed by atoms with van der Waals surface area (Å²) >= 11 is 0. The highest BCUT2D eigenvalue weighted by Gasteiger charge is 2.46. The third-order valence-corrected chi connectivity index (χ3v) is 4.09. The zero-order valence-corrected chi connectivity index (χ0v) is 11.1. The maximum atomic E-state index is 13.7. The van der Waals surface area contributed by atoms with E-state index in [1.165, 1.54) is 4.90 Å². The molecule has 2 aliphatic heterocycles. The highest BCUT2D eigenvalue weighted by atomic mass is 19.3. The van der Waals surface area contributed by atoms with E-state index >= 15 is 0 Å². The minimum Gasteiger partial charge on any atom is -0.337 e. The molecule has 0 aromatic carbocycles. The molecule has 18 heavy (non-hydrogen) atoms. The van der Waals surface area contributed by atoms with Gasteiger partial charge in [-0.25, -0.2) is 0 Å². The number of rotatable bonds is 3. The number of amides is 1. The first kappa shape index (κ1) is 13.7. The molecule has 0 unspecified atom stereocenters. The van der Waals surface area contributed by atoms with Crippen LogP contribution in [0.2, 0.25) is 0 Å². The smallest absolute Gasteiger partial charge is 0.325 e. The van der Waals surface area contributed by atoms with Gasteiger partial charge in [-0.05, 0) is 24.2 Å². The van der Waals surface area contributed by atoms with Gasteiger partial charge in [-0.2, -0.15) is 8.78 Å². The Balaban J connectivity index is 1.90. The van der Waals surface area contributed by atoms with Crippen LogP contribution >= 0.6 is 0 Å². The molecule has 2 heterocycles. The number of carbonyl (C=O) groups is 1. The van der Waals surface area contributed by atoms with Crippen molar-refractivity contribution < 1.29 is 13.6 Å². The molecule has 2 rings (SSSR count). The first-order valence-electron chi connectivity index (χ1n) is 6.73. The second kappa shape index (κ2) is 4.76. The van der Waals surface area contributed by atoms with Gasteiger partial charge in [0.15, 0.2) is 0 Å². The lowest BCUT2D eigenvalue weighted by atomic mass is 9.73. The Morgan fingerprint density at radius 3 is 2.28 bits per heavy atom. The summed E-state index contributed by atoms with van der Waals surface area (Å²) in [6, 6.07) is 0. The monoisotopic (exact) mass is 260 g/mol. The Morgan fingerprint density at radius 1 is 1.33 bits per heavy atom. The second-order valence-corrected chi connectivity index (χ2v) is 6.20. The summed E-state index contributed by atoms with van der Waals surface area (Å²) in [6.07, 6.45) is 1.35. The molecule has 2 fully saturated rings. The molecule has 1 amide bonds. The van der Waals surface area contributed by atoms with Crippen molar-refractivity contribution >= 4 is 5.91 Å². The van der Waals surface area contributed by atoms with Gasteiger partial charge in [0, 0.05) is 32.6 Å². The molecule has 0 aliphatic carbocycles. The fourth-order valence-corrected chi connectivity index (χ4v) is 2.85. The van der Waals surface area contributed by atoms with Crippen LogP contribution in [0, 0.1) is 11.3 Å². The summed E-state index contributed by atoms with van der Waals surface area (Å²) in [4.78, 5) is 13.2. The molecule has 5 heteroatoms. The van der Waals surface area contributed by atoms with Gasteiger partial charge >= 0.3 is 5.92 Å². The molecule has 2 aliphatic rings. The number of hydrogen-bond donors (Lipinski definition) is 1. The van der Waals surface area contributed by atoms with Gasteiger partial charge in [-0.1, -0.05) is 13.8 Å². The number of nitrogens with one attached hydrogen (secondary N) is 1. The number of halogens is 2. The van der Waals surface area contributed by atoms with Crippen molar-refractivity contribution in [3.63, 3.8) is 0 Å². The Hall–Kier alpha value is -0.710. The van der Waals surface area contributed by atoms with Gasteiger partial charge in [0.1, 0.15) is 0 Å². The van der Waals surface area contributed by atoms with Crippen LogP contribution in [0.3, 0.4) is 0 Å². The highest BCUT2D eigenvalue weighted by molar-refractivity contribution is 5.83. The molecule has 0 aromatic rings. The van der Waals surface area contributed by atoms with Crippen LogP contribution in [0.25, 0.3) is 0 Å². The Bertz CT molecular complexity index is 317. The SMILES string of the molecule is CC(C)CC(F)(F)C(=O)N1CCC2(CC1)CNC2. The van der Waals surface area contributed by atoms with Crippen molar-refractivity contribution in [1.29, 1.82) is 0 Å². The van der Waals surface area contributed by atoms with E-state index in [9.17, 15) is 13.6 Å². The molecule has 1 N–H and O–H groups in total. The van der Waals surface area contributed by atoms with Crippen LogP contribution in [0.4, 0.5) is 8.78 Å². The number of likely N-dealkylation sites (tertiary alicyclic amines) is 1. The Labute approximate surface area is 107 Å². The zero-order chi connectivity index (χ0) is 13.4. The number of nitrogens with zero attached hydrogens (tertiary/aromatic N) is 1. The van der Waals surface area contributed by atoms with E-state index in [-0.39, 0.29) is 17.8 Å². The fourth-order valence-electron chi connectivity index (χ4n) is 2.85. The molecule has 2 saturated heterocycles. The predicted molar refractivity (Wildman–Crippen MR) is 65.5 cm³/mol. The topological polar surface area (TPSA) is 32.3 Å². The van der Waals surface area contributed by atoms with Crippen molar-refractivity contribution in [2.45, 2.75) is 39.0 Å². The lowest BCUT2D eigenvalue weighted by molar-refractivity contribution is -0.162. The van der Waals surface area contributed by atoms with Gasteiger partial charge < -0.3 is 10.2 Å². The lowest BCUT2D eigenvalue weighted by Crippen LogP contribution is -2.60. The lowest BCUT2D eigenvalue weighted by Gasteiger charge is -2.48. The van der Waals surface area contributed by atoms with Crippen molar-refractivity contribution in [2.24, 2.45) is 11.3 Å².